The molecular weight excluding hydrogens is 614 g/mol. The molecule has 0 aliphatic carbocycles. The average molecular weight is 657 g/mol. The maximum Gasteiger partial charge on any atom is 0.411 e. The summed E-state index contributed by atoms with van der Waals surface area (Å²) in [5.74, 6) is 0. The molecule has 0 spiro atoms. The molecule has 0 saturated heterocycles. The molecule has 0 heterocycles. The Hall–Kier alpha value is -2.85. The molecule has 3 rings (SSSR count). The number of hydrogen-bond donors (Lipinski definition) is 1. The summed E-state index contributed by atoms with van der Waals surface area (Å²) < 4.78 is 124. The van der Waals surface area contributed by atoms with Gasteiger partial charge in [0.25, 0.3) is 10.1 Å². The second kappa shape index (κ2) is 11.1. The maximum atomic E-state index is 14.8. The van der Waals surface area contributed by atoms with Crippen molar-refractivity contribution in [1.29, 1.82) is 0 Å². The van der Waals surface area contributed by atoms with Crippen molar-refractivity contribution in [3.63, 3.8) is 0 Å². The van der Waals surface area contributed by atoms with Gasteiger partial charge in [0.05, 0.1) is 4.90 Å². The fourth-order valence-electron chi connectivity index (χ4n) is 5.76. The fraction of sp³-hybridized carbons (Fsp3) is 0.486. The lowest BCUT2D eigenvalue weighted by molar-refractivity contribution is -0.288. The minimum absolute atomic E-state index is 0.256. The molecule has 0 radical (unpaired) electrons. The summed E-state index contributed by atoms with van der Waals surface area (Å²) in [5, 5.41) is 0. The van der Waals surface area contributed by atoms with E-state index in [1.54, 1.807) is 39.8 Å². The van der Waals surface area contributed by atoms with Crippen molar-refractivity contribution >= 4 is 10.1 Å². The molecule has 3 nitrogen and oxygen atoms in total. The smallest absolute Gasteiger partial charge is 0.282 e. The van der Waals surface area contributed by atoms with Gasteiger partial charge < -0.3 is 0 Å². The zero-order chi connectivity index (χ0) is 34.8. The normalized spacial score (nSPS) is 14.5. The molecule has 0 atom stereocenters. The summed E-state index contributed by atoms with van der Waals surface area (Å²) in [4.78, 5) is -0.309. The lowest BCUT2D eigenvalue weighted by Crippen LogP contribution is -2.54. The van der Waals surface area contributed by atoms with E-state index in [-0.39, 0.29) is 10.5 Å². The zero-order valence-electron chi connectivity index (χ0n) is 27.3. The molecule has 0 saturated carbocycles. The molecule has 0 bridgehead atoms. The van der Waals surface area contributed by atoms with E-state index in [0.29, 0.717) is 16.7 Å². The summed E-state index contributed by atoms with van der Waals surface area (Å²) in [7, 11) is -4.69. The van der Waals surface area contributed by atoms with E-state index in [9.17, 15) is 39.3 Å². The molecule has 0 aromatic heterocycles. The minimum Gasteiger partial charge on any atom is -0.282 e. The highest BCUT2D eigenvalue weighted by Gasteiger charge is 2.72. The molecule has 3 aromatic rings. The third kappa shape index (κ3) is 6.42. The largest absolute Gasteiger partial charge is 0.411 e. The van der Waals surface area contributed by atoms with E-state index in [1.807, 2.05) is 41.5 Å². The van der Waals surface area contributed by atoms with Gasteiger partial charge in [-0.25, -0.2) is 0 Å². The van der Waals surface area contributed by atoms with Crippen LogP contribution in [0.5, 0.6) is 0 Å². The van der Waals surface area contributed by atoms with Crippen molar-refractivity contribution in [3.8, 4) is 0 Å². The van der Waals surface area contributed by atoms with E-state index >= 15 is 0 Å². The Bertz CT molecular complexity index is 1620. The van der Waals surface area contributed by atoms with Crippen molar-refractivity contribution in [1.82, 2.24) is 0 Å². The molecule has 0 amide bonds. The Morgan fingerprint density at radius 3 is 1.16 bits per heavy atom. The van der Waals surface area contributed by atoms with Crippen LogP contribution in [0.2, 0.25) is 0 Å². The number of hydrogen-bond acceptors (Lipinski definition) is 2. The van der Waals surface area contributed by atoms with Crippen LogP contribution >= 0.6 is 0 Å². The summed E-state index contributed by atoms with van der Waals surface area (Å²) in [6.07, 6.45) is -11.5. The van der Waals surface area contributed by atoms with Crippen LogP contribution in [-0.4, -0.2) is 25.3 Å². The fourth-order valence-corrected chi connectivity index (χ4v) is 6.63. The zero-order valence-corrected chi connectivity index (χ0v) is 28.1. The summed E-state index contributed by atoms with van der Waals surface area (Å²) in [5.41, 5.74) is -7.40. The van der Waals surface area contributed by atoms with Gasteiger partial charge in [0.15, 0.2) is 0 Å². The van der Waals surface area contributed by atoms with E-state index in [0.717, 1.165) is 24.3 Å². The number of halogens is 6. The third-order valence-electron chi connectivity index (χ3n) is 9.44. The third-order valence-corrected chi connectivity index (χ3v) is 10.3. The van der Waals surface area contributed by atoms with E-state index in [1.165, 1.54) is 30.3 Å². The molecule has 0 aliphatic heterocycles. The first-order chi connectivity index (χ1) is 20.0. The Kier molecular flexibility index (Phi) is 9.07. The van der Waals surface area contributed by atoms with Gasteiger partial charge in [-0.05, 0) is 55.7 Å². The van der Waals surface area contributed by atoms with Gasteiger partial charge >= 0.3 is 12.4 Å². The number of alkyl halides is 6. The van der Waals surface area contributed by atoms with Gasteiger partial charge in [-0.15, -0.1) is 0 Å². The molecule has 248 valence electrons. The van der Waals surface area contributed by atoms with Gasteiger partial charge in [-0.3, -0.25) is 4.55 Å². The van der Waals surface area contributed by atoms with Crippen LogP contribution in [0.15, 0.2) is 71.6 Å². The van der Waals surface area contributed by atoms with Gasteiger partial charge in [0.2, 0.25) is 5.41 Å². The van der Waals surface area contributed by atoms with E-state index in [4.69, 9.17) is 0 Å². The first-order valence-corrected chi connectivity index (χ1v) is 15.9. The van der Waals surface area contributed by atoms with Crippen LogP contribution < -0.4 is 0 Å². The van der Waals surface area contributed by atoms with Crippen molar-refractivity contribution in [2.24, 2.45) is 0 Å². The molecule has 10 heteroatoms. The summed E-state index contributed by atoms with van der Waals surface area (Å²) >= 11 is 0. The average Bonchev–Trinajstić information content (AvgIpc) is 2.86. The van der Waals surface area contributed by atoms with Crippen molar-refractivity contribution in [2.45, 2.75) is 114 Å². The summed E-state index contributed by atoms with van der Waals surface area (Å²) in [6, 6.07) is 13.2. The van der Waals surface area contributed by atoms with Crippen molar-refractivity contribution < 1.29 is 39.3 Å². The highest BCUT2D eigenvalue weighted by atomic mass is 32.2. The van der Waals surface area contributed by atoms with Gasteiger partial charge in [0.1, 0.15) is 0 Å². The SMILES string of the molecule is CC(C)(C)c1ccc(C(c2ccc(C(C)(C)C(C)(C)c3ccc(C(C)(C)C)cc3S(=O)(=O)O)cc2)(C(F)(F)F)C(F)(F)F)cc1. The molecule has 45 heavy (non-hydrogen) atoms. The second-order valence-corrected chi connectivity index (χ2v) is 16.2. The first-order valence-electron chi connectivity index (χ1n) is 14.5. The standard InChI is InChI=1S/C35H42F6O3S/c1-29(2,3)22-11-15-24(16-12-22)33(34(36,37)38,35(39,40)41)25-17-13-23(14-18-25)31(7,8)32(9,10)27-20-19-26(30(4,5)6)21-28(27)45(42,43)44/h11-21H,1-10H3,(H,42,43,44). The maximum absolute atomic E-state index is 14.8. The second-order valence-electron chi connectivity index (χ2n) is 14.8. The lowest BCUT2D eigenvalue weighted by Gasteiger charge is -2.44. The predicted molar refractivity (Wildman–Crippen MR) is 165 cm³/mol. The quantitative estimate of drug-likeness (QED) is 0.212. The summed E-state index contributed by atoms with van der Waals surface area (Å²) in [6.45, 7) is 17.9. The van der Waals surface area contributed by atoms with Crippen LogP contribution in [0.3, 0.4) is 0 Å². The minimum atomic E-state index is -5.73. The molecule has 3 aromatic carbocycles. The Labute approximate surface area is 262 Å². The highest BCUT2D eigenvalue weighted by Crippen LogP contribution is 2.57. The van der Waals surface area contributed by atoms with Crippen LogP contribution in [0.25, 0.3) is 0 Å². The molecule has 0 unspecified atom stereocenters. The van der Waals surface area contributed by atoms with E-state index in [2.05, 4.69) is 0 Å². The Morgan fingerprint density at radius 2 is 0.822 bits per heavy atom. The highest BCUT2D eigenvalue weighted by molar-refractivity contribution is 7.85. The van der Waals surface area contributed by atoms with Gasteiger partial charge in [-0.2, -0.15) is 34.8 Å². The molecular formula is C35H42F6O3S. The Balaban J connectivity index is 2.24. The monoisotopic (exact) mass is 656 g/mol. The first kappa shape index (κ1) is 36.6. The number of rotatable bonds is 6. The van der Waals surface area contributed by atoms with Gasteiger partial charge in [0, 0.05) is 5.41 Å². The Morgan fingerprint density at radius 1 is 0.489 bits per heavy atom. The predicted octanol–water partition coefficient (Wildman–Crippen LogP) is 10.2. The molecule has 1 N–H and O–H groups in total. The van der Waals surface area contributed by atoms with E-state index < -0.39 is 60.7 Å². The lowest BCUT2D eigenvalue weighted by atomic mass is 9.60. The number of benzene rings is 3. The topological polar surface area (TPSA) is 54.4 Å². The van der Waals surface area contributed by atoms with Crippen LogP contribution in [-0.2, 0) is 37.2 Å². The van der Waals surface area contributed by atoms with Crippen LogP contribution in [0.4, 0.5) is 26.3 Å². The van der Waals surface area contributed by atoms with Gasteiger partial charge in [-0.1, -0.05) is 130 Å². The van der Waals surface area contributed by atoms with Crippen LogP contribution in [0.1, 0.15) is 103 Å². The van der Waals surface area contributed by atoms with Crippen LogP contribution in [0, 0.1) is 0 Å². The molecule has 0 aliphatic rings. The molecule has 0 fully saturated rings. The van der Waals surface area contributed by atoms with Crippen molar-refractivity contribution in [3.05, 3.63) is 100 Å². The van der Waals surface area contributed by atoms with Crippen molar-refractivity contribution in [2.75, 3.05) is 0 Å².